The summed E-state index contributed by atoms with van der Waals surface area (Å²) in [6.45, 7) is 1.40. The number of carbonyl (C=O) groups is 1. The summed E-state index contributed by atoms with van der Waals surface area (Å²) >= 11 is 0. The first-order valence-electron chi connectivity index (χ1n) is 6.37. The minimum absolute atomic E-state index is 0.0794. The second-order valence-corrected chi connectivity index (χ2v) is 6.35. The van der Waals surface area contributed by atoms with Crippen LogP contribution in [-0.2, 0) is 10.0 Å². The first kappa shape index (κ1) is 14.1. The molecule has 0 radical (unpaired) electrons. The lowest BCUT2D eigenvalue weighted by molar-refractivity contribution is 0.0724. The molecular formula is C12H18N2O4S. The van der Waals surface area contributed by atoms with Crippen LogP contribution in [0.5, 0.6) is 0 Å². The predicted molar refractivity (Wildman–Crippen MR) is 69.3 cm³/mol. The Morgan fingerprint density at radius 1 is 1.21 bits per heavy atom. The summed E-state index contributed by atoms with van der Waals surface area (Å²) in [6, 6.07) is 2.72. The Morgan fingerprint density at radius 2 is 1.84 bits per heavy atom. The van der Waals surface area contributed by atoms with Gasteiger partial charge in [-0.3, -0.25) is 4.79 Å². The van der Waals surface area contributed by atoms with Crippen LogP contribution in [-0.4, -0.2) is 39.4 Å². The van der Waals surface area contributed by atoms with E-state index in [2.05, 4.69) is 4.72 Å². The van der Waals surface area contributed by atoms with Crippen LogP contribution in [0.1, 0.15) is 36.2 Å². The number of likely N-dealkylation sites (tertiary alicyclic amines) is 1. The summed E-state index contributed by atoms with van der Waals surface area (Å²) in [4.78, 5) is 13.9. The van der Waals surface area contributed by atoms with Crippen molar-refractivity contribution in [2.24, 2.45) is 0 Å². The maximum absolute atomic E-state index is 12.2. The van der Waals surface area contributed by atoms with Crippen LogP contribution in [0.3, 0.4) is 0 Å². The van der Waals surface area contributed by atoms with Gasteiger partial charge in [-0.25, -0.2) is 13.1 Å². The van der Waals surface area contributed by atoms with Gasteiger partial charge in [-0.2, -0.15) is 0 Å². The van der Waals surface area contributed by atoms with E-state index in [0.29, 0.717) is 13.1 Å². The molecule has 2 rings (SSSR count). The summed E-state index contributed by atoms with van der Waals surface area (Å²) in [7, 11) is -2.34. The summed E-state index contributed by atoms with van der Waals surface area (Å²) in [5.41, 5.74) is 0. The van der Waals surface area contributed by atoms with Crippen molar-refractivity contribution in [3.05, 3.63) is 17.9 Å². The lowest BCUT2D eigenvalue weighted by atomic mass is 10.2. The van der Waals surface area contributed by atoms with Crippen LogP contribution in [0.25, 0.3) is 0 Å². The van der Waals surface area contributed by atoms with Gasteiger partial charge in [0.1, 0.15) is 0 Å². The number of hydrogen-bond acceptors (Lipinski definition) is 4. The van der Waals surface area contributed by atoms with Gasteiger partial charge in [0.15, 0.2) is 5.76 Å². The van der Waals surface area contributed by atoms with Crippen LogP contribution < -0.4 is 4.72 Å². The van der Waals surface area contributed by atoms with Crippen molar-refractivity contribution in [2.75, 3.05) is 20.1 Å². The molecule has 1 aliphatic heterocycles. The van der Waals surface area contributed by atoms with E-state index in [1.54, 1.807) is 4.90 Å². The molecular weight excluding hydrogens is 268 g/mol. The van der Waals surface area contributed by atoms with E-state index in [4.69, 9.17) is 4.42 Å². The second kappa shape index (κ2) is 5.75. The maximum atomic E-state index is 12.2. The fraction of sp³-hybridized carbons (Fsp3) is 0.583. The monoisotopic (exact) mass is 286 g/mol. The Hall–Kier alpha value is -1.34. The number of amides is 1. The number of rotatable bonds is 3. The first-order chi connectivity index (χ1) is 9.04. The Bertz CT molecular complexity index is 542. The standard InChI is InChI=1S/C12H18N2O4S/c1-13-19(16,17)11-7-6-10(18-11)12(15)14-8-4-2-3-5-9-14/h6-7,13H,2-5,8-9H2,1H3. The van der Waals surface area contributed by atoms with E-state index in [9.17, 15) is 13.2 Å². The van der Waals surface area contributed by atoms with Crippen molar-refractivity contribution in [3.63, 3.8) is 0 Å². The molecule has 1 amide bonds. The highest BCUT2D eigenvalue weighted by atomic mass is 32.2. The van der Waals surface area contributed by atoms with Gasteiger partial charge in [0, 0.05) is 13.1 Å². The fourth-order valence-corrected chi connectivity index (χ4v) is 2.76. The molecule has 0 aliphatic carbocycles. The minimum Gasteiger partial charge on any atom is -0.438 e. The molecule has 6 nitrogen and oxygen atoms in total. The van der Waals surface area contributed by atoms with Crippen LogP contribution in [0.15, 0.2) is 21.6 Å². The molecule has 19 heavy (non-hydrogen) atoms. The molecule has 106 valence electrons. The first-order valence-corrected chi connectivity index (χ1v) is 7.85. The van der Waals surface area contributed by atoms with Crippen LogP contribution >= 0.6 is 0 Å². The molecule has 1 N–H and O–H groups in total. The molecule has 7 heteroatoms. The molecule has 0 bridgehead atoms. The molecule has 1 fully saturated rings. The van der Waals surface area contributed by atoms with E-state index in [-0.39, 0.29) is 16.8 Å². The molecule has 0 atom stereocenters. The van der Waals surface area contributed by atoms with Gasteiger partial charge < -0.3 is 9.32 Å². The molecule has 2 heterocycles. The highest BCUT2D eigenvalue weighted by Crippen LogP contribution is 2.17. The number of furan rings is 1. The molecule has 1 aromatic rings. The van der Waals surface area contributed by atoms with E-state index < -0.39 is 10.0 Å². The second-order valence-electron chi connectivity index (χ2n) is 4.53. The van der Waals surface area contributed by atoms with E-state index in [1.807, 2.05) is 0 Å². The van der Waals surface area contributed by atoms with Gasteiger partial charge in [0.05, 0.1) is 0 Å². The molecule has 0 unspecified atom stereocenters. The van der Waals surface area contributed by atoms with Crippen molar-refractivity contribution in [3.8, 4) is 0 Å². The van der Waals surface area contributed by atoms with Crippen molar-refractivity contribution < 1.29 is 17.6 Å². The van der Waals surface area contributed by atoms with Crippen LogP contribution in [0.4, 0.5) is 0 Å². The Morgan fingerprint density at radius 3 is 2.42 bits per heavy atom. The van der Waals surface area contributed by atoms with Crippen molar-refractivity contribution in [2.45, 2.75) is 30.8 Å². The average Bonchev–Trinajstić information content (AvgIpc) is 2.75. The number of nitrogens with zero attached hydrogens (tertiary/aromatic N) is 1. The van der Waals surface area contributed by atoms with Crippen LogP contribution in [0.2, 0.25) is 0 Å². The third-order valence-electron chi connectivity index (χ3n) is 3.22. The van der Waals surface area contributed by atoms with Gasteiger partial charge in [-0.05, 0) is 32.0 Å². The Labute approximate surface area is 112 Å². The predicted octanol–water partition coefficient (Wildman–Crippen LogP) is 1.20. The third kappa shape index (κ3) is 3.16. The molecule has 1 aromatic heterocycles. The zero-order valence-electron chi connectivity index (χ0n) is 10.9. The smallest absolute Gasteiger partial charge is 0.289 e. The maximum Gasteiger partial charge on any atom is 0.289 e. The summed E-state index contributed by atoms with van der Waals surface area (Å²) in [6.07, 6.45) is 4.21. The summed E-state index contributed by atoms with van der Waals surface area (Å²) < 4.78 is 30.4. The number of sulfonamides is 1. The normalized spacial score (nSPS) is 17.2. The Kier molecular flexibility index (Phi) is 4.26. The van der Waals surface area contributed by atoms with Crippen molar-refractivity contribution in [1.82, 2.24) is 9.62 Å². The molecule has 0 spiro atoms. The van der Waals surface area contributed by atoms with E-state index in [0.717, 1.165) is 25.7 Å². The van der Waals surface area contributed by atoms with Crippen molar-refractivity contribution in [1.29, 1.82) is 0 Å². The van der Waals surface area contributed by atoms with E-state index in [1.165, 1.54) is 19.2 Å². The molecule has 1 saturated heterocycles. The number of nitrogens with one attached hydrogen (secondary N) is 1. The third-order valence-corrected chi connectivity index (χ3v) is 4.51. The Balaban J connectivity index is 2.16. The molecule has 0 saturated carbocycles. The van der Waals surface area contributed by atoms with Gasteiger partial charge in [0.2, 0.25) is 5.09 Å². The zero-order valence-corrected chi connectivity index (χ0v) is 11.7. The highest BCUT2D eigenvalue weighted by Gasteiger charge is 2.23. The SMILES string of the molecule is CNS(=O)(=O)c1ccc(C(=O)N2CCCCCC2)o1. The number of hydrogen-bond donors (Lipinski definition) is 1. The summed E-state index contributed by atoms with van der Waals surface area (Å²) in [5, 5.41) is -0.229. The largest absolute Gasteiger partial charge is 0.438 e. The molecule has 1 aliphatic rings. The van der Waals surface area contributed by atoms with Gasteiger partial charge in [-0.15, -0.1) is 0 Å². The molecule has 0 aromatic carbocycles. The lowest BCUT2D eigenvalue weighted by Gasteiger charge is -2.18. The van der Waals surface area contributed by atoms with E-state index >= 15 is 0 Å². The quantitative estimate of drug-likeness (QED) is 0.905. The summed E-state index contributed by atoms with van der Waals surface area (Å²) in [5.74, 6) is -0.157. The van der Waals surface area contributed by atoms with Crippen LogP contribution in [0, 0.1) is 0 Å². The lowest BCUT2D eigenvalue weighted by Crippen LogP contribution is -2.31. The van der Waals surface area contributed by atoms with Crippen molar-refractivity contribution >= 4 is 15.9 Å². The highest BCUT2D eigenvalue weighted by molar-refractivity contribution is 7.89. The van der Waals surface area contributed by atoms with Gasteiger partial charge >= 0.3 is 0 Å². The average molecular weight is 286 g/mol. The van der Waals surface area contributed by atoms with Gasteiger partial charge in [-0.1, -0.05) is 12.8 Å². The fourth-order valence-electron chi connectivity index (χ4n) is 2.11. The number of carbonyl (C=O) groups excluding carboxylic acids is 1. The van der Waals surface area contributed by atoms with Gasteiger partial charge in [0.25, 0.3) is 15.9 Å². The topological polar surface area (TPSA) is 79.6 Å². The minimum atomic E-state index is -3.64. The zero-order chi connectivity index (χ0) is 13.9.